The number of nitrogens with zero attached hydrogens (tertiary/aromatic N) is 1. The molecule has 1 aromatic rings. The molecule has 6 heteroatoms. The molecule has 0 aliphatic heterocycles. The summed E-state index contributed by atoms with van der Waals surface area (Å²) in [7, 11) is 0. The normalized spacial score (nSPS) is 11.7. The van der Waals surface area contributed by atoms with Crippen molar-refractivity contribution in [3.8, 4) is 0 Å². The largest absolute Gasteiger partial charge is 0.328 e. The number of amides is 1. The van der Waals surface area contributed by atoms with Gasteiger partial charge in [0.15, 0.2) is 5.13 Å². The Morgan fingerprint density at radius 1 is 1.69 bits per heavy atom. The first-order valence-electron chi connectivity index (χ1n) is 5.12. The van der Waals surface area contributed by atoms with E-state index in [0.29, 0.717) is 18.0 Å². The lowest BCUT2D eigenvalue weighted by molar-refractivity contribution is -0.116. The van der Waals surface area contributed by atoms with E-state index in [1.807, 2.05) is 6.92 Å². The van der Waals surface area contributed by atoms with Gasteiger partial charge in [-0.25, -0.2) is 4.98 Å². The Kier molecular flexibility index (Phi) is 7.29. The summed E-state index contributed by atoms with van der Waals surface area (Å²) in [6.45, 7) is 3.96. The maximum Gasteiger partial charge on any atom is 0.226 e. The van der Waals surface area contributed by atoms with Gasteiger partial charge in [0, 0.05) is 23.5 Å². The lowest BCUT2D eigenvalue weighted by atomic mass is 10.2. The molecule has 1 unspecified atom stereocenters. The summed E-state index contributed by atoms with van der Waals surface area (Å²) in [4.78, 5) is 16.7. The average molecular weight is 264 g/mol. The minimum absolute atomic E-state index is 0. The highest BCUT2D eigenvalue weighted by Crippen LogP contribution is 2.18. The van der Waals surface area contributed by atoms with E-state index < -0.39 is 0 Å². The molecule has 16 heavy (non-hydrogen) atoms. The number of nitrogens with one attached hydrogen (secondary N) is 1. The van der Waals surface area contributed by atoms with Crippen LogP contribution in [0.25, 0.3) is 0 Å². The highest BCUT2D eigenvalue weighted by atomic mass is 35.5. The molecule has 0 fully saturated rings. The first-order chi connectivity index (χ1) is 7.11. The number of hydrogen-bond donors (Lipinski definition) is 2. The number of anilines is 1. The van der Waals surface area contributed by atoms with Gasteiger partial charge in [0.2, 0.25) is 5.91 Å². The molecule has 1 amide bonds. The van der Waals surface area contributed by atoms with Crippen molar-refractivity contribution in [2.24, 2.45) is 5.73 Å². The zero-order valence-electron chi connectivity index (χ0n) is 9.53. The van der Waals surface area contributed by atoms with E-state index in [-0.39, 0.29) is 24.4 Å². The molecule has 0 saturated carbocycles. The number of carbonyl (C=O) groups excluding carboxylic acids is 1. The second-order valence-corrected chi connectivity index (χ2v) is 4.66. The summed E-state index contributed by atoms with van der Waals surface area (Å²) in [6.07, 6.45) is 3.91. The van der Waals surface area contributed by atoms with Crippen molar-refractivity contribution in [3.63, 3.8) is 0 Å². The fraction of sp³-hybridized carbons (Fsp3) is 0.600. The molecule has 4 nitrogen and oxygen atoms in total. The number of aromatic nitrogens is 1. The molecule has 0 bridgehead atoms. The summed E-state index contributed by atoms with van der Waals surface area (Å²) in [5, 5.41) is 3.45. The highest BCUT2D eigenvalue weighted by Gasteiger charge is 2.06. The van der Waals surface area contributed by atoms with Crippen molar-refractivity contribution in [2.75, 3.05) is 5.32 Å². The van der Waals surface area contributed by atoms with Crippen LogP contribution in [0.15, 0.2) is 6.20 Å². The predicted octanol–water partition coefficient (Wildman–Crippen LogP) is 2.19. The Hall–Kier alpha value is -0.650. The topological polar surface area (TPSA) is 68.0 Å². The van der Waals surface area contributed by atoms with Crippen LogP contribution in [-0.2, 0) is 11.2 Å². The van der Waals surface area contributed by atoms with Crippen molar-refractivity contribution >= 4 is 34.8 Å². The van der Waals surface area contributed by atoms with Crippen molar-refractivity contribution in [3.05, 3.63) is 11.1 Å². The predicted molar refractivity (Wildman–Crippen MR) is 70.3 cm³/mol. The summed E-state index contributed by atoms with van der Waals surface area (Å²) in [5.41, 5.74) is 5.57. The number of nitrogens with two attached hydrogens (primary N) is 1. The molecule has 0 spiro atoms. The average Bonchev–Trinajstić information content (AvgIpc) is 2.62. The third-order valence-corrected chi connectivity index (χ3v) is 3.03. The molecular formula is C10H18ClN3OS. The van der Waals surface area contributed by atoms with Crippen LogP contribution in [0.5, 0.6) is 0 Å². The zero-order valence-corrected chi connectivity index (χ0v) is 11.2. The van der Waals surface area contributed by atoms with Crippen LogP contribution in [0.1, 0.15) is 31.6 Å². The minimum atomic E-state index is -0.00990. The number of rotatable bonds is 5. The number of halogens is 1. The summed E-state index contributed by atoms with van der Waals surface area (Å²) in [5.74, 6) is -0.00990. The Balaban J connectivity index is 0.00000225. The lowest BCUT2D eigenvalue weighted by Crippen LogP contribution is -2.19. The number of hydrogen-bond acceptors (Lipinski definition) is 4. The first-order valence-corrected chi connectivity index (χ1v) is 5.93. The van der Waals surface area contributed by atoms with Crippen LogP contribution in [0.4, 0.5) is 5.13 Å². The smallest absolute Gasteiger partial charge is 0.226 e. The van der Waals surface area contributed by atoms with E-state index >= 15 is 0 Å². The monoisotopic (exact) mass is 263 g/mol. The van der Waals surface area contributed by atoms with Gasteiger partial charge in [-0.1, -0.05) is 6.92 Å². The summed E-state index contributed by atoms with van der Waals surface area (Å²) < 4.78 is 0. The molecule has 0 aliphatic rings. The molecule has 1 heterocycles. The van der Waals surface area contributed by atoms with E-state index in [4.69, 9.17) is 5.73 Å². The van der Waals surface area contributed by atoms with Crippen LogP contribution in [0.2, 0.25) is 0 Å². The third-order valence-electron chi connectivity index (χ3n) is 1.98. The van der Waals surface area contributed by atoms with E-state index in [1.165, 1.54) is 16.2 Å². The SMILES string of the molecule is CCc1cnc(NC(=O)CCC(C)N)s1.Cl. The van der Waals surface area contributed by atoms with Gasteiger partial charge in [0.25, 0.3) is 0 Å². The fourth-order valence-electron chi connectivity index (χ4n) is 1.07. The van der Waals surface area contributed by atoms with E-state index in [0.717, 1.165) is 6.42 Å². The van der Waals surface area contributed by atoms with Gasteiger partial charge in [-0.05, 0) is 19.8 Å². The third kappa shape index (κ3) is 5.44. The number of aryl methyl sites for hydroxylation is 1. The molecule has 0 saturated heterocycles. The van der Waals surface area contributed by atoms with Crippen LogP contribution < -0.4 is 11.1 Å². The Bertz CT molecular complexity index is 328. The van der Waals surface area contributed by atoms with Gasteiger partial charge in [0.1, 0.15) is 0 Å². The van der Waals surface area contributed by atoms with Gasteiger partial charge in [-0.15, -0.1) is 23.7 Å². The molecule has 3 N–H and O–H groups in total. The van der Waals surface area contributed by atoms with E-state index in [2.05, 4.69) is 17.2 Å². The van der Waals surface area contributed by atoms with Crippen molar-refractivity contribution in [1.29, 1.82) is 0 Å². The summed E-state index contributed by atoms with van der Waals surface area (Å²) >= 11 is 1.52. The van der Waals surface area contributed by atoms with Gasteiger partial charge in [-0.3, -0.25) is 4.79 Å². The maximum atomic E-state index is 11.4. The number of carbonyl (C=O) groups is 1. The Morgan fingerprint density at radius 3 is 2.88 bits per heavy atom. The van der Waals surface area contributed by atoms with Gasteiger partial charge >= 0.3 is 0 Å². The van der Waals surface area contributed by atoms with Crippen molar-refractivity contribution in [1.82, 2.24) is 4.98 Å². The molecule has 1 rings (SSSR count). The molecule has 92 valence electrons. The molecule has 0 aliphatic carbocycles. The van der Waals surface area contributed by atoms with Gasteiger partial charge in [0.05, 0.1) is 0 Å². The maximum absolute atomic E-state index is 11.4. The second-order valence-electron chi connectivity index (χ2n) is 3.55. The highest BCUT2D eigenvalue weighted by molar-refractivity contribution is 7.15. The van der Waals surface area contributed by atoms with Crippen LogP contribution >= 0.6 is 23.7 Å². The van der Waals surface area contributed by atoms with E-state index in [1.54, 1.807) is 6.20 Å². The second kappa shape index (κ2) is 7.60. The molecule has 1 aromatic heterocycles. The first kappa shape index (κ1) is 15.3. The van der Waals surface area contributed by atoms with Gasteiger partial charge in [-0.2, -0.15) is 0 Å². The number of thiazole rings is 1. The van der Waals surface area contributed by atoms with Crippen LogP contribution in [0.3, 0.4) is 0 Å². The minimum Gasteiger partial charge on any atom is -0.328 e. The van der Waals surface area contributed by atoms with Crippen molar-refractivity contribution < 1.29 is 4.79 Å². The quantitative estimate of drug-likeness (QED) is 0.856. The fourth-order valence-corrected chi connectivity index (χ4v) is 1.84. The standard InChI is InChI=1S/C10H17N3OS.ClH/c1-3-8-6-12-10(15-8)13-9(14)5-4-7(2)11;/h6-7H,3-5,11H2,1-2H3,(H,12,13,14);1H. The van der Waals surface area contributed by atoms with Crippen LogP contribution in [0, 0.1) is 0 Å². The van der Waals surface area contributed by atoms with Crippen LogP contribution in [-0.4, -0.2) is 16.9 Å². The van der Waals surface area contributed by atoms with Gasteiger partial charge < -0.3 is 11.1 Å². The Labute approximate surface area is 106 Å². The molecule has 0 radical (unpaired) electrons. The Morgan fingerprint density at radius 2 is 2.38 bits per heavy atom. The molecule has 1 atom stereocenters. The molecular weight excluding hydrogens is 246 g/mol. The van der Waals surface area contributed by atoms with E-state index in [9.17, 15) is 4.79 Å². The molecule has 0 aromatic carbocycles. The summed E-state index contributed by atoms with van der Waals surface area (Å²) in [6, 6.07) is 0.0678. The van der Waals surface area contributed by atoms with Crippen molar-refractivity contribution in [2.45, 2.75) is 39.2 Å². The zero-order chi connectivity index (χ0) is 11.3. The lowest BCUT2D eigenvalue weighted by Gasteiger charge is -2.03.